The fourth-order valence-electron chi connectivity index (χ4n) is 6.60. The topological polar surface area (TPSA) is 69.3 Å². The van der Waals surface area contributed by atoms with Gasteiger partial charge in [0, 0.05) is 49.4 Å². The lowest BCUT2D eigenvalue weighted by Gasteiger charge is -2.58. The molecule has 6 rings (SSSR count). The van der Waals surface area contributed by atoms with Crippen LogP contribution in [0.25, 0.3) is 0 Å². The van der Waals surface area contributed by atoms with E-state index < -0.39 is 5.79 Å². The van der Waals surface area contributed by atoms with E-state index in [0.717, 1.165) is 43.7 Å². The number of anilines is 1. The number of ether oxygens (including phenoxy) is 4. The van der Waals surface area contributed by atoms with Gasteiger partial charge < -0.3 is 29.2 Å². The van der Waals surface area contributed by atoms with E-state index in [9.17, 15) is 4.79 Å². The van der Waals surface area contributed by atoms with Gasteiger partial charge in [0.1, 0.15) is 0 Å². The molecule has 7 nitrogen and oxygen atoms in total. The zero-order chi connectivity index (χ0) is 21.5. The van der Waals surface area contributed by atoms with E-state index in [1.165, 1.54) is 11.1 Å². The molecule has 3 aliphatic carbocycles. The number of nitrogens with one attached hydrogen (secondary N) is 1. The third-order valence-corrected chi connectivity index (χ3v) is 8.35. The van der Waals surface area contributed by atoms with Crippen LogP contribution < -0.4 is 14.8 Å². The third-order valence-electron chi connectivity index (χ3n) is 8.35. The lowest BCUT2D eigenvalue weighted by molar-refractivity contribution is -0.244. The Kier molecular flexibility index (Phi) is 4.08. The molecular formula is C24H30N2O5. The second kappa shape index (κ2) is 6.47. The van der Waals surface area contributed by atoms with Crippen molar-refractivity contribution >= 4 is 11.6 Å². The van der Waals surface area contributed by atoms with Crippen molar-refractivity contribution in [1.29, 1.82) is 0 Å². The van der Waals surface area contributed by atoms with Gasteiger partial charge in [-0.25, -0.2) is 0 Å². The largest absolute Gasteiger partial charge is 0.493 e. The van der Waals surface area contributed by atoms with Gasteiger partial charge >= 0.3 is 0 Å². The van der Waals surface area contributed by atoms with Gasteiger partial charge in [-0.15, -0.1) is 0 Å². The summed E-state index contributed by atoms with van der Waals surface area (Å²) in [7, 11) is 7.20. The quantitative estimate of drug-likeness (QED) is 0.576. The van der Waals surface area contributed by atoms with Gasteiger partial charge in [0.25, 0.3) is 0 Å². The van der Waals surface area contributed by atoms with Crippen LogP contribution >= 0.6 is 0 Å². The van der Waals surface area contributed by atoms with Crippen LogP contribution in [0.5, 0.6) is 11.5 Å². The minimum absolute atomic E-state index is 0.110. The molecule has 2 bridgehead atoms. The second-order valence-corrected chi connectivity index (χ2v) is 9.63. The highest BCUT2D eigenvalue weighted by atomic mass is 16.7. The summed E-state index contributed by atoms with van der Waals surface area (Å²) in [6, 6.07) is 2.26. The highest BCUT2D eigenvalue weighted by Crippen LogP contribution is 2.65. The predicted molar refractivity (Wildman–Crippen MR) is 115 cm³/mol. The van der Waals surface area contributed by atoms with Crippen LogP contribution in [0, 0.1) is 11.8 Å². The molecule has 2 aliphatic heterocycles. The van der Waals surface area contributed by atoms with Crippen molar-refractivity contribution < 1.29 is 23.7 Å². The number of hydrogen-bond donors (Lipinski definition) is 1. The Balaban J connectivity index is 1.59. The molecular weight excluding hydrogens is 396 g/mol. The fraction of sp³-hybridized carbons (Fsp3) is 0.625. The Bertz CT molecular complexity index is 983. The van der Waals surface area contributed by atoms with Gasteiger partial charge in [-0.05, 0) is 50.9 Å². The molecule has 0 radical (unpaired) electrons. The number of likely N-dealkylation sites (N-methyl/N-ethyl adjacent to an activating group) is 1. The number of benzene rings is 1. The maximum atomic E-state index is 12.7. The first-order chi connectivity index (χ1) is 15.0. The Morgan fingerprint density at radius 1 is 1.26 bits per heavy atom. The molecule has 4 atom stereocenters. The number of likely N-dealkylation sites (tertiary alicyclic amines) is 1. The van der Waals surface area contributed by atoms with E-state index >= 15 is 0 Å². The van der Waals surface area contributed by atoms with Crippen molar-refractivity contribution in [1.82, 2.24) is 4.90 Å². The average molecular weight is 427 g/mol. The van der Waals surface area contributed by atoms with Crippen LogP contribution in [0.3, 0.4) is 0 Å². The Morgan fingerprint density at radius 2 is 2.03 bits per heavy atom. The molecule has 31 heavy (non-hydrogen) atoms. The standard InChI is InChI=1S/C24H30N2O5/c1-26-10-9-23-15-7-8-24(29-3,30-4)22(23)31-20-18(28-2)12-16(25-21(27)13-5-6-13)14(19(20)23)11-17(15)26/h7-8,12-13,15,17,22H,5-6,9-11H2,1-4H3,(H,25,27)/t15-,17+,22+,23-/m0/s1. The first-order valence-electron chi connectivity index (χ1n) is 11.2. The number of amides is 1. The van der Waals surface area contributed by atoms with Crippen molar-refractivity contribution in [2.75, 3.05) is 40.2 Å². The second-order valence-electron chi connectivity index (χ2n) is 9.63. The summed E-state index contributed by atoms with van der Waals surface area (Å²) in [5.74, 6) is 1.00. The van der Waals surface area contributed by atoms with Crippen molar-refractivity contribution in [3.63, 3.8) is 0 Å². The minimum atomic E-state index is -0.965. The van der Waals surface area contributed by atoms with E-state index in [2.05, 4.69) is 23.3 Å². The number of carbonyl (C=O) groups excluding carboxylic acids is 1. The molecule has 1 saturated carbocycles. The summed E-state index contributed by atoms with van der Waals surface area (Å²) in [5.41, 5.74) is 2.94. The molecule has 166 valence electrons. The molecule has 1 amide bonds. The average Bonchev–Trinajstić information content (AvgIpc) is 3.58. The van der Waals surface area contributed by atoms with Crippen LogP contribution in [0.4, 0.5) is 5.69 Å². The number of piperidine rings is 1. The molecule has 1 saturated heterocycles. The number of rotatable bonds is 5. The first-order valence-corrected chi connectivity index (χ1v) is 11.2. The summed E-state index contributed by atoms with van der Waals surface area (Å²) in [5, 5.41) is 3.22. The number of carbonyl (C=O) groups is 1. The number of hydrogen-bond acceptors (Lipinski definition) is 6. The van der Waals surface area contributed by atoms with Crippen molar-refractivity contribution in [3.05, 3.63) is 29.3 Å². The molecule has 2 heterocycles. The SMILES string of the molecule is COc1cc(NC(=O)C2CC2)c2c3c1O[C@H]1C(OC)(OC)C=C[C@H]4[C@@H](C2)N(C)CC[C@@]341. The van der Waals surface area contributed by atoms with Crippen LogP contribution in [0.2, 0.25) is 0 Å². The maximum Gasteiger partial charge on any atom is 0.227 e. The number of nitrogens with zero attached hydrogens (tertiary/aromatic N) is 1. The summed E-state index contributed by atoms with van der Waals surface area (Å²) in [6.07, 6.45) is 7.72. The summed E-state index contributed by atoms with van der Waals surface area (Å²) in [4.78, 5) is 15.1. The Hall–Kier alpha value is -2.09. The van der Waals surface area contributed by atoms with Gasteiger partial charge in [-0.1, -0.05) is 6.08 Å². The molecule has 2 fully saturated rings. The van der Waals surface area contributed by atoms with Crippen molar-refractivity contribution in [2.45, 2.75) is 49.0 Å². The Labute approximate surface area is 182 Å². The van der Waals surface area contributed by atoms with Crippen LogP contribution in [0.15, 0.2) is 18.2 Å². The lowest BCUT2D eigenvalue weighted by atomic mass is 9.52. The van der Waals surface area contributed by atoms with Gasteiger partial charge in [-0.3, -0.25) is 4.79 Å². The first kappa shape index (κ1) is 19.6. The van der Waals surface area contributed by atoms with E-state index in [0.29, 0.717) is 11.8 Å². The van der Waals surface area contributed by atoms with E-state index in [1.807, 2.05) is 12.1 Å². The van der Waals surface area contributed by atoms with Gasteiger partial charge in [0.05, 0.1) is 12.5 Å². The van der Waals surface area contributed by atoms with Crippen molar-refractivity contribution in [3.8, 4) is 11.5 Å². The highest BCUT2D eigenvalue weighted by Gasteiger charge is 2.69. The molecule has 1 N–H and O–H groups in total. The maximum absolute atomic E-state index is 12.7. The summed E-state index contributed by atoms with van der Waals surface area (Å²) < 4.78 is 24.4. The van der Waals surface area contributed by atoms with Gasteiger partial charge in [0.15, 0.2) is 17.6 Å². The summed E-state index contributed by atoms with van der Waals surface area (Å²) in [6.45, 7) is 0.970. The number of methoxy groups -OCH3 is 3. The minimum Gasteiger partial charge on any atom is -0.493 e. The molecule has 7 heteroatoms. The monoisotopic (exact) mass is 426 g/mol. The van der Waals surface area contributed by atoms with Crippen LogP contribution in [-0.2, 0) is 26.1 Å². The molecule has 1 aromatic rings. The van der Waals surface area contributed by atoms with E-state index in [4.69, 9.17) is 18.9 Å². The normalized spacial score (nSPS) is 34.1. The fourth-order valence-corrected chi connectivity index (χ4v) is 6.60. The molecule has 1 spiro atoms. The van der Waals surface area contributed by atoms with Crippen LogP contribution in [0.1, 0.15) is 30.4 Å². The zero-order valence-corrected chi connectivity index (χ0v) is 18.6. The van der Waals surface area contributed by atoms with E-state index in [-0.39, 0.29) is 29.3 Å². The summed E-state index contributed by atoms with van der Waals surface area (Å²) >= 11 is 0. The highest BCUT2D eigenvalue weighted by molar-refractivity contribution is 5.95. The van der Waals surface area contributed by atoms with Gasteiger partial charge in [0.2, 0.25) is 11.7 Å². The molecule has 0 unspecified atom stereocenters. The molecule has 0 aromatic heterocycles. The predicted octanol–water partition coefficient (Wildman–Crippen LogP) is 2.48. The molecule has 5 aliphatic rings. The van der Waals surface area contributed by atoms with Crippen molar-refractivity contribution in [2.24, 2.45) is 11.8 Å². The van der Waals surface area contributed by atoms with E-state index in [1.54, 1.807) is 21.3 Å². The molecule has 1 aromatic carbocycles. The lowest BCUT2D eigenvalue weighted by Crippen LogP contribution is -2.68. The van der Waals surface area contributed by atoms with Gasteiger partial charge in [-0.2, -0.15) is 0 Å². The third kappa shape index (κ3) is 2.37. The van der Waals surface area contributed by atoms with Crippen LogP contribution in [-0.4, -0.2) is 63.7 Å². The zero-order valence-electron chi connectivity index (χ0n) is 18.6. The Morgan fingerprint density at radius 3 is 2.71 bits per heavy atom. The smallest absolute Gasteiger partial charge is 0.227 e.